The van der Waals surface area contributed by atoms with Gasteiger partial charge in [-0.3, -0.25) is 4.90 Å². The molecule has 0 aromatic rings. The van der Waals surface area contributed by atoms with E-state index < -0.39 is 18.3 Å². The third kappa shape index (κ3) is 4.35. The van der Waals surface area contributed by atoms with E-state index in [1.807, 2.05) is 0 Å². The molecule has 2 rings (SSSR count). The second-order valence-corrected chi connectivity index (χ2v) is 6.61. The molecule has 0 aromatic carbocycles. The largest absolute Gasteiger partial charge is 0.396 e. The van der Waals surface area contributed by atoms with Crippen molar-refractivity contribution in [3.8, 4) is 0 Å². The average molecular weight is 328 g/mol. The van der Waals surface area contributed by atoms with Gasteiger partial charge in [0.2, 0.25) is 0 Å². The van der Waals surface area contributed by atoms with E-state index in [1.54, 1.807) is 0 Å². The Morgan fingerprint density at radius 2 is 1.52 bits per heavy atom. The highest BCUT2D eigenvalue weighted by Gasteiger charge is 2.63. The van der Waals surface area contributed by atoms with E-state index in [1.165, 1.54) is 0 Å². The van der Waals surface area contributed by atoms with Crippen LogP contribution in [0.4, 0.5) is 0 Å². The number of aliphatic hydroxyl groups excluding tert-OH is 4. The van der Waals surface area contributed by atoms with E-state index in [9.17, 15) is 20.4 Å². The second kappa shape index (κ2) is 8.82. The molecule has 8 nitrogen and oxygen atoms in total. The number of likely N-dealkylation sites (tertiary alicyclic amines) is 1. The summed E-state index contributed by atoms with van der Waals surface area (Å²) in [5.41, 5.74) is 8.16. The highest BCUT2D eigenvalue weighted by atomic mass is 16.4. The molecule has 2 fully saturated rings. The fraction of sp³-hybridized carbons (Fsp3) is 1.00. The summed E-state index contributed by atoms with van der Waals surface area (Å²) >= 11 is 0. The molecular weight excluding hydrogens is 300 g/mol. The standard InChI is InChI=1S/C15H28N4O4/c16-18-17-7-5-3-1-2-4-6-8-19-11-10(9-20)13(21)15(23)14(22)12(11)19/h10-15,20-23H,1-9H2/t10-,11+,12+,13+,14-,15-,19?/m0/s1. The predicted molar refractivity (Wildman–Crippen MR) is 84.6 cm³/mol. The summed E-state index contributed by atoms with van der Waals surface area (Å²) in [5, 5.41) is 42.7. The Kier molecular flexibility index (Phi) is 7.08. The van der Waals surface area contributed by atoms with Gasteiger partial charge in [0.25, 0.3) is 0 Å². The third-order valence-corrected chi connectivity index (χ3v) is 5.15. The molecule has 1 aliphatic heterocycles. The Morgan fingerprint density at radius 1 is 0.870 bits per heavy atom. The zero-order valence-electron chi connectivity index (χ0n) is 13.4. The Bertz CT molecular complexity index is 418. The summed E-state index contributed by atoms with van der Waals surface area (Å²) in [4.78, 5) is 4.81. The van der Waals surface area contributed by atoms with Gasteiger partial charge in [-0.2, -0.15) is 0 Å². The maximum absolute atomic E-state index is 10.0. The molecule has 0 amide bonds. The van der Waals surface area contributed by atoms with Crippen LogP contribution in [0.15, 0.2) is 5.11 Å². The molecule has 1 saturated heterocycles. The van der Waals surface area contributed by atoms with E-state index in [0.717, 1.165) is 45.1 Å². The van der Waals surface area contributed by atoms with Crippen LogP contribution in [0.3, 0.4) is 0 Å². The molecule has 1 aliphatic carbocycles. The van der Waals surface area contributed by atoms with Crippen LogP contribution in [-0.2, 0) is 0 Å². The fourth-order valence-electron chi connectivity index (χ4n) is 3.82. The summed E-state index contributed by atoms with van der Waals surface area (Å²) in [6, 6.07) is -0.147. The average Bonchev–Trinajstić information content (AvgIpc) is 3.26. The monoisotopic (exact) mass is 328 g/mol. The second-order valence-electron chi connectivity index (χ2n) is 6.61. The molecular formula is C15H28N4O4. The van der Waals surface area contributed by atoms with Gasteiger partial charge in [-0.1, -0.05) is 30.8 Å². The van der Waals surface area contributed by atoms with E-state index in [2.05, 4.69) is 14.9 Å². The summed E-state index contributed by atoms with van der Waals surface area (Å²) in [6.45, 7) is 1.22. The van der Waals surface area contributed by atoms with Crippen molar-refractivity contribution in [1.29, 1.82) is 0 Å². The summed E-state index contributed by atoms with van der Waals surface area (Å²) in [5.74, 6) is -0.376. The Morgan fingerprint density at radius 3 is 2.17 bits per heavy atom. The van der Waals surface area contributed by atoms with Crippen molar-refractivity contribution in [2.24, 2.45) is 11.0 Å². The highest BCUT2D eigenvalue weighted by Crippen LogP contribution is 2.44. The molecule has 2 aliphatic rings. The maximum Gasteiger partial charge on any atom is 0.108 e. The molecule has 1 heterocycles. The van der Waals surface area contributed by atoms with Gasteiger partial charge in [0, 0.05) is 23.4 Å². The van der Waals surface area contributed by atoms with Crippen molar-refractivity contribution in [3.63, 3.8) is 0 Å². The molecule has 0 aromatic heterocycles. The van der Waals surface area contributed by atoms with Gasteiger partial charge in [0.15, 0.2) is 0 Å². The van der Waals surface area contributed by atoms with Gasteiger partial charge in [-0.15, -0.1) is 0 Å². The molecule has 0 spiro atoms. The van der Waals surface area contributed by atoms with E-state index in [4.69, 9.17) is 5.53 Å². The molecule has 132 valence electrons. The van der Waals surface area contributed by atoms with Crippen LogP contribution in [0.25, 0.3) is 10.4 Å². The Hall–Kier alpha value is -0.890. The summed E-state index contributed by atoms with van der Waals surface area (Å²) in [6.07, 6.45) is 3.16. The minimum atomic E-state index is -1.17. The molecule has 4 N–H and O–H groups in total. The van der Waals surface area contributed by atoms with Gasteiger partial charge in [-0.05, 0) is 24.9 Å². The van der Waals surface area contributed by atoms with Crippen LogP contribution >= 0.6 is 0 Å². The van der Waals surface area contributed by atoms with Crippen LogP contribution in [-0.4, -0.2) is 75.4 Å². The van der Waals surface area contributed by atoms with E-state index in [0.29, 0.717) is 6.54 Å². The van der Waals surface area contributed by atoms with Crippen molar-refractivity contribution >= 4 is 0 Å². The van der Waals surface area contributed by atoms with Crippen molar-refractivity contribution in [2.75, 3.05) is 19.7 Å². The minimum absolute atomic E-state index is 0.0164. The first-order valence-corrected chi connectivity index (χ1v) is 8.55. The highest BCUT2D eigenvalue weighted by molar-refractivity contribution is 5.17. The molecule has 8 heteroatoms. The van der Waals surface area contributed by atoms with E-state index >= 15 is 0 Å². The lowest BCUT2D eigenvalue weighted by Gasteiger charge is -2.32. The molecule has 7 atom stereocenters. The normalized spacial score (nSPS) is 38.7. The van der Waals surface area contributed by atoms with Crippen LogP contribution in [0, 0.1) is 5.92 Å². The zero-order valence-corrected chi connectivity index (χ0v) is 13.4. The quantitative estimate of drug-likeness (QED) is 0.151. The van der Waals surface area contributed by atoms with Crippen molar-refractivity contribution in [2.45, 2.75) is 68.9 Å². The van der Waals surface area contributed by atoms with Crippen molar-refractivity contribution < 1.29 is 20.4 Å². The smallest absolute Gasteiger partial charge is 0.108 e. The lowest BCUT2D eigenvalue weighted by atomic mass is 9.83. The molecule has 0 bridgehead atoms. The topological polar surface area (TPSA) is 133 Å². The van der Waals surface area contributed by atoms with Gasteiger partial charge >= 0.3 is 0 Å². The van der Waals surface area contributed by atoms with Crippen molar-refractivity contribution in [3.05, 3.63) is 10.4 Å². The molecule has 1 saturated carbocycles. The van der Waals surface area contributed by atoms with Gasteiger partial charge in [0.1, 0.15) is 6.10 Å². The summed E-state index contributed by atoms with van der Waals surface area (Å²) < 4.78 is 0. The molecule has 23 heavy (non-hydrogen) atoms. The lowest BCUT2D eigenvalue weighted by Crippen LogP contribution is -2.52. The van der Waals surface area contributed by atoms with Crippen LogP contribution < -0.4 is 0 Å². The number of nitrogens with zero attached hydrogens (tertiary/aromatic N) is 4. The number of rotatable bonds is 10. The SMILES string of the molecule is [N-]=[N+]=NCCCCCCCCN1[C@@H]2[C@H](CO)[C@@H](O)[C@H](O)[C@@H](O)[C@@H]21. The lowest BCUT2D eigenvalue weighted by molar-refractivity contribution is -0.105. The number of unbranched alkanes of at least 4 members (excludes halogenated alkanes) is 5. The summed E-state index contributed by atoms with van der Waals surface area (Å²) in [7, 11) is 0. The number of azide groups is 1. The Labute approximate surface area is 136 Å². The van der Waals surface area contributed by atoms with E-state index in [-0.39, 0.29) is 24.6 Å². The first-order chi connectivity index (χ1) is 11.1. The number of hydrogen-bond acceptors (Lipinski definition) is 6. The number of aliphatic hydroxyl groups is 4. The van der Waals surface area contributed by atoms with Crippen LogP contribution in [0.5, 0.6) is 0 Å². The molecule has 1 unspecified atom stereocenters. The zero-order chi connectivity index (χ0) is 16.8. The predicted octanol–water partition coefficient (Wildman–Crippen LogP) is 0.395. The third-order valence-electron chi connectivity index (χ3n) is 5.15. The fourth-order valence-corrected chi connectivity index (χ4v) is 3.82. The minimum Gasteiger partial charge on any atom is -0.396 e. The molecule has 0 radical (unpaired) electrons. The first kappa shape index (κ1) is 18.4. The number of fused-ring (bicyclic) bond motifs is 1. The van der Waals surface area contributed by atoms with Gasteiger partial charge < -0.3 is 20.4 Å². The van der Waals surface area contributed by atoms with Crippen LogP contribution in [0.2, 0.25) is 0 Å². The van der Waals surface area contributed by atoms with Gasteiger partial charge in [-0.25, -0.2) is 0 Å². The maximum atomic E-state index is 10.0. The van der Waals surface area contributed by atoms with Crippen molar-refractivity contribution in [1.82, 2.24) is 4.90 Å². The number of hydrogen-bond donors (Lipinski definition) is 4. The Balaban J connectivity index is 1.61. The van der Waals surface area contributed by atoms with Crippen LogP contribution in [0.1, 0.15) is 38.5 Å². The first-order valence-electron chi connectivity index (χ1n) is 8.55. The van der Waals surface area contributed by atoms with Gasteiger partial charge in [0.05, 0.1) is 24.9 Å².